The Morgan fingerprint density at radius 1 is 0.750 bits per heavy atom. The van der Waals surface area contributed by atoms with Crippen molar-refractivity contribution < 1.29 is 0 Å². The van der Waals surface area contributed by atoms with E-state index in [-0.39, 0.29) is 0 Å². The number of rotatable bonds is 1. The fourth-order valence-electron chi connectivity index (χ4n) is 2.70. The van der Waals surface area contributed by atoms with Gasteiger partial charge in [-0.15, -0.1) is 0 Å². The number of hydrogen-bond acceptors (Lipinski definition) is 1. The molecule has 0 aliphatic carbocycles. The average Bonchev–Trinajstić information content (AvgIpc) is 2.50. The lowest BCUT2D eigenvalue weighted by atomic mass is 9.95. The molecule has 1 heterocycles. The summed E-state index contributed by atoms with van der Waals surface area (Å²) in [4.78, 5) is 2.26. The molecule has 1 aliphatic rings. The number of allylic oxidation sites excluding steroid dienone is 1. The summed E-state index contributed by atoms with van der Waals surface area (Å²) in [7, 11) is 0. The molecule has 0 N–H and O–H groups in total. The number of para-hydroxylation sites is 1. The Labute approximate surface area is 120 Å². The summed E-state index contributed by atoms with van der Waals surface area (Å²) in [6.07, 6.45) is 2.02. The molecule has 0 atom stereocenters. The summed E-state index contributed by atoms with van der Waals surface area (Å²) in [6.45, 7) is 9.32. The van der Waals surface area contributed by atoms with Crippen molar-refractivity contribution in [1.29, 1.82) is 0 Å². The summed E-state index contributed by atoms with van der Waals surface area (Å²) >= 11 is 0. The maximum atomic E-state index is 4.25. The molecule has 3 rings (SSSR count). The van der Waals surface area contributed by atoms with Crippen molar-refractivity contribution in [2.75, 3.05) is 4.90 Å². The molecule has 1 aliphatic heterocycles. The molecule has 1 nitrogen and oxygen atoms in total. The summed E-state index contributed by atoms with van der Waals surface area (Å²) in [5.74, 6) is 0. The molecule has 0 aromatic heterocycles. The monoisotopic (exact) mass is 261 g/mol. The lowest BCUT2D eigenvalue weighted by Gasteiger charge is -2.31. The Bertz CT molecular complexity index is 640. The van der Waals surface area contributed by atoms with Gasteiger partial charge in [-0.1, -0.05) is 55.6 Å². The van der Waals surface area contributed by atoms with Gasteiger partial charge in [0.05, 0.1) is 0 Å². The van der Waals surface area contributed by atoms with Gasteiger partial charge in [-0.25, -0.2) is 0 Å². The Kier molecular flexibility index (Phi) is 3.42. The van der Waals surface area contributed by atoms with Crippen LogP contribution >= 0.6 is 0 Å². The van der Waals surface area contributed by atoms with E-state index in [1.54, 1.807) is 0 Å². The smallest absolute Gasteiger partial charge is 0.0484 e. The van der Waals surface area contributed by atoms with E-state index in [0.717, 1.165) is 30.7 Å². The largest absolute Gasteiger partial charge is 0.337 e. The van der Waals surface area contributed by atoms with Crippen molar-refractivity contribution in [3.05, 3.63) is 90.2 Å². The third kappa shape index (κ3) is 2.39. The van der Waals surface area contributed by atoms with E-state index in [1.165, 1.54) is 16.8 Å². The minimum absolute atomic E-state index is 0.859. The third-order valence-corrected chi connectivity index (χ3v) is 3.94. The molecule has 0 bridgehead atoms. The summed E-state index contributed by atoms with van der Waals surface area (Å²) in [5.41, 5.74) is 6.14. The van der Waals surface area contributed by atoms with E-state index in [1.807, 2.05) is 6.07 Å². The highest BCUT2D eigenvalue weighted by Gasteiger charge is 2.18. The predicted molar refractivity (Wildman–Crippen MR) is 85.7 cm³/mol. The van der Waals surface area contributed by atoms with E-state index >= 15 is 0 Å². The van der Waals surface area contributed by atoms with Gasteiger partial charge in [-0.2, -0.15) is 0 Å². The standard InChI is InChI=1S/C19H19N/c1-15-12-13-17-8-6-7-9-18(17)14-20(16(15)2)19-10-4-3-5-11-19/h3-11H,1-2,12-14H2. The van der Waals surface area contributed by atoms with Gasteiger partial charge < -0.3 is 4.90 Å². The number of nitrogens with zero attached hydrogens (tertiary/aromatic N) is 1. The van der Waals surface area contributed by atoms with E-state index in [2.05, 4.69) is 66.6 Å². The van der Waals surface area contributed by atoms with Crippen LogP contribution < -0.4 is 4.90 Å². The molecule has 0 saturated carbocycles. The molecule has 2 aromatic carbocycles. The lowest BCUT2D eigenvalue weighted by Crippen LogP contribution is -2.24. The van der Waals surface area contributed by atoms with Gasteiger partial charge in [0, 0.05) is 17.9 Å². The van der Waals surface area contributed by atoms with Crippen molar-refractivity contribution in [2.45, 2.75) is 19.4 Å². The number of anilines is 1. The average molecular weight is 261 g/mol. The minimum Gasteiger partial charge on any atom is -0.337 e. The predicted octanol–water partition coefficient (Wildman–Crippen LogP) is 4.71. The Balaban J connectivity index is 2.04. The first-order valence-electron chi connectivity index (χ1n) is 7.02. The van der Waals surface area contributed by atoms with Crippen molar-refractivity contribution in [3.8, 4) is 0 Å². The fourth-order valence-corrected chi connectivity index (χ4v) is 2.70. The highest BCUT2D eigenvalue weighted by molar-refractivity contribution is 5.57. The van der Waals surface area contributed by atoms with Crippen LogP contribution in [0.5, 0.6) is 0 Å². The van der Waals surface area contributed by atoms with Crippen LogP contribution in [0, 0.1) is 0 Å². The van der Waals surface area contributed by atoms with Crippen molar-refractivity contribution in [2.24, 2.45) is 0 Å². The van der Waals surface area contributed by atoms with Crippen molar-refractivity contribution in [1.82, 2.24) is 0 Å². The number of aryl methyl sites for hydroxylation is 1. The first-order valence-corrected chi connectivity index (χ1v) is 7.02. The van der Waals surface area contributed by atoms with Gasteiger partial charge in [0.2, 0.25) is 0 Å². The van der Waals surface area contributed by atoms with Crippen LogP contribution in [-0.4, -0.2) is 0 Å². The molecule has 100 valence electrons. The molecule has 0 saturated heterocycles. The molecule has 0 unspecified atom stereocenters. The van der Waals surface area contributed by atoms with Crippen molar-refractivity contribution in [3.63, 3.8) is 0 Å². The molecular weight excluding hydrogens is 242 g/mol. The van der Waals surface area contributed by atoms with E-state index in [0.29, 0.717) is 0 Å². The van der Waals surface area contributed by atoms with Gasteiger partial charge >= 0.3 is 0 Å². The Hall–Kier alpha value is -2.28. The molecule has 0 spiro atoms. The Morgan fingerprint density at radius 2 is 1.40 bits per heavy atom. The molecule has 0 fully saturated rings. The maximum absolute atomic E-state index is 4.25. The van der Waals surface area contributed by atoms with Crippen LogP contribution in [0.4, 0.5) is 5.69 Å². The second-order valence-corrected chi connectivity index (χ2v) is 5.24. The zero-order chi connectivity index (χ0) is 13.9. The fraction of sp³-hybridized carbons (Fsp3) is 0.158. The van der Waals surface area contributed by atoms with Crippen LogP contribution in [0.2, 0.25) is 0 Å². The van der Waals surface area contributed by atoms with Crippen LogP contribution in [0.25, 0.3) is 0 Å². The topological polar surface area (TPSA) is 3.24 Å². The van der Waals surface area contributed by atoms with Gasteiger partial charge in [0.25, 0.3) is 0 Å². The van der Waals surface area contributed by atoms with Crippen LogP contribution in [0.15, 0.2) is 79.0 Å². The summed E-state index contributed by atoms with van der Waals surface area (Å²) in [6, 6.07) is 19.1. The first kappa shape index (κ1) is 12.7. The highest BCUT2D eigenvalue weighted by Crippen LogP contribution is 2.30. The van der Waals surface area contributed by atoms with E-state index in [4.69, 9.17) is 0 Å². The SMILES string of the molecule is C=C1CCc2ccccc2CN(c2ccccc2)C1=C. The second kappa shape index (κ2) is 5.38. The van der Waals surface area contributed by atoms with Gasteiger partial charge in [-0.3, -0.25) is 0 Å². The molecule has 20 heavy (non-hydrogen) atoms. The molecule has 2 aromatic rings. The van der Waals surface area contributed by atoms with E-state index < -0.39 is 0 Å². The third-order valence-electron chi connectivity index (χ3n) is 3.94. The van der Waals surface area contributed by atoms with E-state index in [9.17, 15) is 0 Å². The zero-order valence-corrected chi connectivity index (χ0v) is 11.7. The summed E-state index contributed by atoms with van der Waals surface area (Å²) in [5, 5.41) is 0. The molecule has 1 heteroatoms. The van der Waals surface area contributed by atoms with Crippen LogP contribution in [0.3, 0.4) is 0 Å². The maximum Gasteiger partial charge on any atom is 0.0484 e. The van der Waals surface area contributed by atoms with Crippen LogP contribution in [0.1, 0.15) is 17.5 Å². The number of benzene rings is 2. The van der Waals surface area contributed by atoms with Crippen LogP contribution in [-0.2, 0) is 13.0 Å². The zero-order valence-electron chi connectivity index (χ0n) is 11.7. The molecule has 0 amide bonds. The first-order chi connectivity index (χ1) is 9.75. The quantitative estimate of drug-likeness (QED) is 0.718. The number of fused-ring (bicyclic) bond motifs is 1. The minimum atomic E-state index is 0.859. The second-order valence-electron chi connectivity index (χ2n) is 5.24. The molecular formula is C19H19N. The van der Waals surface area contributed by atoms with Gasteiger partial charge in [-0.05, 0) is 41.7 Å². The van der Waals surface area contributed by atoms with Gasteiger partial charge in [0.1, 0.15) is 0 Å². The van der Waals surface area contributed by atoms with Crippen molar-refractivity contribution >= 4 is 5.69 Å². The highest BCUT2D eigenvalue weighted by atomic mass is 15.1. The normalized spacial score (nSPS) is 15.5. The number of hydrogen-bond donors (Lipinski definition) is 0. The van der Waals surface area contributed by atoms with Gasteiger partial charge in [0.15, 0.2) is 0 Å². The lowest BCUT2D eigenvalue weighted by molar-refractivity contribution is 0.826. The Morgan fingerprint density at radius 3 is 2.15 bits per heavy atom. The molecule has 0 radical (unpaired) electrons. The summed E-state index contributed by atoms with van der Waals surface area (Å²) < 4.78 is 0.